The van der Waals surface area contributed by atoms with Crippen LogP contribution in [0.4, 0.5) is 32.0 Å². The van der Waals surface area contributed by atoms with Gasteiger partial charge in [-0.1, -0.05) is 31.7 Å². The van der Waals surface area contributed by atoms with E-state index in [1.54, 1.807) is 4.90 Å². The predicted molar refractivity (Wildman–Crippen MR) is 117 cm³/mol. The molecule has 0 spiro atoms. The Kier molecular flexibility index (Phi) is 7.11. The van der Waals surface area contributed by atoms with Gasteiger partial charge in [0.05, 0.1) is 24.1 Å². The number of anilines is 1. The third-order valence-electron chi connectivity index (χ3n) is 6.87. The molecule has 1 saturated carbocycles. The smallest absolute Gasteiger partial charge is 0.361 e. The Labute approximate surface area is 199 Å². The molecule has 13 heteroatoms. The predicted octanol–water partition coefficient (Wildman–Crippen LogP) is 5.44. The van der Waals surface area contributed by atoms with E-state index in [0.717, 1.165) is 31.7 Å². The number of halogens is 6. The van der Waals surface area contributed by atoms with Gasteiger partial charge in [-0.3, -0.25) is 0 Å². The molecule has 0 amide bonds. The second-order valence-electron chi connectivity index (χ2n) is 9.13. The normalized spacial score (nSPS) is 20.7. The van der Waals surface area contributed by atoms with Gasteiger partial charge >= 0.3 is 21.7 Å². The number of fused-ring (bicyclic) bond motifs is 1. The lowest BCUT2D eigenvalue weighted by atomic mass is 9.97. The van der Waals surface area contributed by atoms with Gasteiger partial charge in [0.2, 0.25) is 0 Å². The molecule has 1 fully saturated rings. The molecular formula is C22H26F6N4O2S. The number of alkyl halides is 6. The van der Waals surface area contributed by atoms with E-state index in [2.05, 4.69) is 9.97 Å². The maximum atomic E-state index is 13.9. The molecule has 6 nitrogen and oxygen atoms in total. The second-order valence-corrected chi connectivity index (χ2v) is 11.1. The van der Waals surface area contributed by atoms with E-state index in [1.807, 2.05) is 0 Å². The molecule has 4 rings (SSSR count). The topological polar surface area (TPSA) is 69.3 Å². The fourth-order valence-corrected chi connectivity index (χ4v) is 6.08. The first-order valence-electron chi connectivity index (χ1n) is 11.4. The van der Waals surface area contributed by atoms with E-state index in [0.29, 0.717) is 24.5 Å². The average Bonchev–Trinajstić information content (AvgIpc) is 3.44. The van der Waals surface area contributed by atoms with Crippen molar-refractivity contribution >= 4 is 15.7 Å². The van der Waals surface area contributed by atoms with E-state index in [-0.39, 0.29) is 16.5 Å². The number of sulfonamides is 1. The Bertz CT molecular complexity index is 1110. The molecule has 2 aromatic rings. The Morgan fingerprint density at radius 3 is 2.37 bits per heavy atom. The van der Waals surface area contributed by atoms with Crippen molar-refractivity contribution in [2.24, 2.45) is 5.92 Å². The van der Waals surface area contributed by atoms with Crippen molar-refractivity contribution in [3.63, 3.8) is 0 Å². The summed E-state index contributed by atoms with van der Waals surface area (Å²) >= 11 is 0. The van der Waals surface area contributed by atoms with Crippen LogP contribution in [0.25, 0.3) is 0 Å². The third kappa shape index (κ3) is 5.45. The minimum Gasteiger partial charge on any atom is -0.361 e. The van der Waals surface area contributed by atoms with Crippen molar-refractivity contribution in [1.29, 1.82) is 0 Å². The van der Waals surface area contributed by atoms with Crippen LogP contribution in [0, 0.1) is 5.92 Å². The molecule has 1 N–H and O–H groups in total. The lowest BCUT2D eigenvalue weighted by molar-refractivity contribution is -0.138. The highest BCUT2D eigenvalue weighted by atomic mass is 32.2. The van der Waals surface area contributed by atoms with Gasteiger partial charge < -0.3 is 9.88 Å². The third-order valence-corrected chi connectivity index (χ3v) is 8.41. The summed E-state index contributed by atoms with van der Waals surface area (Å²) in [5.74, 6) is 0.362. The second kappa shape index (κ2) is 9.64. The number of aromatic amines is 1. The van der Waals surface area contributed by atoms with E-state index in [9.17, 15) is 34.8 Å². The zero-order valence-electron chi connectivity index (χ0n) is 18.7. The number of hydrogen-bond donors (Lipinski definition) is 1. The average molecular weight is 525 g/mol. The van der Waals surface area contributed by atoms with Crippen molar-refractivity contribution in [3.8, 4) is 0 Å². The Balaban J connectivity index is 1.82. The van der Waals surface area contributed by atoms with Crippen LogP contribution in [0.1, 0.15) is 55.3 Å². The van der Waals surface area contributed by atoms with Gasteiger partial charge in [-0.15, -0.1) is 0 Å². The molecule has 1 aromatic heterocycles. The lowest BCUT2D eigenvalue weighted by Gasteiger charge is -2.34. The number of nitrogens with one attached hydrogen (secondary N) is 1. The van der Waals surface area contributed by atoms with Crippen LogP contribution in [0.5, 0.6) is 0 Å². The van der Waals surface area contributed by atoms with Crippen LogP contribution in [0.15, 0.2) is 30.7 Å². The molecule has 0 saturated heterocycles. The zero-order valence-corrected chi connectivity index (χ0v) is 19.6. The Morgan fingerprint density at radius 2 is 1.77 bits per heavy atom. The van der Waals surface area contributed by atoms with Crippen molar-refractivity contribution in [2.45, 2.75) is 69.3 Å². The maximum absolute atomic E-state index is 13.9. The van der Waals surface area contributed by atoms with Gasteiger partial charge in [0, 0.05) is 36.6 Å². The van der Waals surface area contributed by atoms with Crippen molar-refractivity contribution in [2.75, 3.05) is 11.4 Å². The molecule has 2 heterocycles. The molecule has 1 aromatic carbocycles. The van der Waals surface area contributed by atoms with Gasteiger partial charge in [0.25, 0.3) is 0 Å². The quantitative estimate of drug-likeness (QED) is 0.511. The molecule has 1 aliphatic heterocycles. The molecule has 0 bridgehead atoms. The molecule has 0 radical (unpaired) electrons. The van der Waals surface area contributed by atoms with Crippen LogP contribution in [-0.2, 0) is 29.3 Å². The molecule has 1 atom stereocenters. The van der Waals surface area contributed by atoms with Crippen molar-refractivity contribution < 1.29 is 34.8 Å². The first-order valence-corrected chi connectivity index (χ1v) is 12.8. The Hall–Kier alpha value is -2.28. The minimum atomic E-state index is -5.86. The maximum Gasteiger partial charge on any atom is 0.511 e. The van der Waals surface area contributed by atoms with E-state index in [1.165, 1.54) is 24.7 Å². The number of imidazole rings is 1. The summed E-state index contributed by atoms with van der Waals surface area (Å²) in [4.78, 5) is 8.40. The summed E-state index contributed by atoms with van der Waals surface area (Å²) in [6, 6.07) is 2.61. The molecule has 35 heavy (non-hydrogen) atoms. The fourth-order valence-electron chi connectivity index (χ4n) is 5.12. The Morgan fingerprint density at radius 1 is 1.06 bits per heavy atom. The van der Waals surface area contributed by atoms with Gasteiger partial charge in [0.1, 0.15) is 0 Å². The van der Waals surface area contributed by atoms with Crippen molar-refractivity contribution in [1.82, 2.24) is 14.3 Å². The highest BCUT2D eigenvalue weighted by molar-refractivity contribution is 7.89. The largest absolute Gasteiger partial charge is 0.511 e. The number of H-pyrrole nitrogens is 1. The molecular weight excluding hydrogens is 498 g/mol. The van der Waals surface area contributed by atoms with Crippen LogP contribution in [0.3, 0.4) is 0 Å². The zero-order chi connectivity index (χ0) is 25.4. The monoisotopic (exact) mass is 524 g/mol. The number of benzene rings is 1. The van der Waals surface area contributed by atoms with Crippen LogP contribution in [-0.4, -0.2) is 40.8 Å². The number of nitrogens with zero attached hydrogens (tertiary/aromatic N) is 3. The van der Waals surface area contributed by atoms with E-state index in [4.69, 9.17) is 0 Å². The van der Waals surface area contributed by atoms with Gasteiger partial charge in [0.15, 0.2) is 0 Å². The van der Waals surface area contributed by atoms with E-state index < -0.39 is 52.0 Å². The summed E-state index contributed by atoms with van der Waals surface area (Å²) in [5, 5.41) is 0. The first kappa shape index (κ1) is 25.8. The van der Waals surface area contributed by atoms with Crippen LogP contribution < -0.4 is 4.90 Å². The van der Waals surface area contributed by atoms with Gasteiger partial charge in [-0.25, -0.2) is 13.4 Å². The highest BCUT2D eigenvalue weighted by Crippen LogP contribution is 2.42. The van der Waals surface area contributed by atoms with Gasteiger partial charge in [-0.2, -0.15) is 30.6 Å². The molecule has 194 valence electrons. The minimum absolute atomic E-state index is 0.0452. The van der Waals surface area contributed by atoms with Crippen LogP contribution in [0.2, 0.25) is 0 Å². The molecule has 1 aliphatic carbocycles. The SMILES string of the molecule is O=S(=O)(N1Cc2c(cccc2C(F)(F)F)N(Cc2cnc[nH]2)[C@H](CCC2CCCC2)C1)C(F)(F)F. The summed E-state index contributed by atoms with van der Waals surface area (Å²) in [6.07, 6.45) is 3.07. The fraction of sp³-hybridized carbons (Fsp3) is 0.591. The summed E-state index contributed by atoms with van der Waals surface area (Å²) < 4.78 is 107. The van der Waals surface area contributed by atoms with Crippen molar-refractivity contribution in [3.05, 3.63) is 47.5 Å². The first-order chi connectivity index (χ1) is 16.4. The number of rotatable bonds is 6. The van der Waals surface area contributed by atoms with Crippen LogP contribution >= 0.6 is 0 Å². The summed E-state index contributed by atoms with van der Waals surface area (Å²) in [7, 11) is -5.86. The van der Waals surface area contributed by atoms with E-state index >= 15 is 0 Å². The standard InChI is InChI=1S/C22H26F6N4O2S/c23-21(24,25)19-6-3-7-20-18(19)13-31(35(33,34)22(26,27)28)12-17(9-8-15-4-1-2-5-15)32(20)11-16-10-29-14-30-16/h3,6-7,10,14-15,17H,1-2,4-5,8-9,11-13H2,(H,29,30)/t17-/m1/s1. The lowest BCUT2D eigenvalue weighted by Crippen LogP contribution is -2.47. The summed E-state index contributed by atoms with van der Waals surface area (Å²) in [5.41, 5.74) is -6.65. The highest BCUT2D eigenvalue weighted by Gasteiger charge is 2.52. The van der Waals surface area contributed by atoms with Gasteiger partial charge in [-0.05, 0) is 30.9 Å². The molecule has 0 unspecified atom stereocenters. The number of aromatic nitrogens is 2. The summed E-state index contributed by atoms with van der Waals surface area (Å²) in [6.45, 7) is -1.55. The number of hydrogen-bond acceptors (Lipinski definition) is 4. The molecule has 2 aliphatic rings.